The number of rotatable bonds is 4. The highest BCUT2D eigenvalue weighted by molar-refractivity contribution is 7.23. The van der Waals surface area contributed by atoms with Gasteiger partial charge in [0.25, 0.3) is 5.92 Å². The average molecular weight is 691 g/mol. The Bertz CT molecular complexity index is 2010. The predicted octanol–water partition coefficient (Wildman–Crippen LogP) is 7.24. The molecule has 2 aromatic heterocycles. The highest BCUT2D eigenvalue weighted by atomic mass is 35.5. The zero-order valence-electron chi connectivity index (χ0n) is 24.9. The number of benzene rings is 2. The summed E-state index contributed by atoms with van der Waals surface area (Å²) in [5, 5.41) is 9.97. The number of thiophene rings is 1. The molecule has 2 unspecified atom stereocenters. The molecule has 0 amide bonds. The molecule has 3 fully saturated rings. The molecule has 8 nitrogen and oxygen atoms in total. The van der Waals surface area contributed by atoms with Crippen LogP contribution in [0, 0.1) is 23.0 Å². The van der Waals surface area contributed by atoms with E-state index in [0.29, 0.717) is 6.54 Å². The molecule has 0 saturated carbocycles. The molecule has 4 aliphatic rings. The highest BCUT2D eigenvalue weighted by Crippen LogP contribution is 2.52. The predicted molar refractivity (Wildman–Crippen MR) is 168 cm³/mol. The van der Waals surface area contributed by atoms with E-state index >= 15 is 4.39 Å². The molecule has 6 heterocycles. The van der Waals surface area contributed by atoms with Gasteiger partial charge >= 0.3 is 6.01 Å². The number of alkyl halides is 3. The summed E-state index contributed by atoms with van der Waals surface area (Å²) in [6, 6.07) is 3.58. The molecule has 15 heteroatoms. The van der Waals surface area contributed by atoms with Crippen molar-refractivity contribution in [1.82, 2.24) is 14.9 Å². The Balaban J connectivity index is 1.35. The molecule has 47 heavy (non-hydrogen) atoms. The minimum absolute atomic E-state index is 0.00867. The normalized spacial score (nSPS) is 25.3. The summed E-state index contributed by atoms with van der Waals surface area (Å²) >= 11 is 7.81. The Labute approximate surface area is 274 Å². The Morgan fingerprint density at radius 3 is 2.81 bits per heavy atom. The molecule has 3 saturated heterocycles. The van der Waals surface area contributed by atoms with Gasteiger partial charge in [-0.3, -0.25) is 4.90 Å². The Hall–Kier alpha value is -3.67. The van der Waals surface area contributed by atoms with Crippen molar-refractivity contribution in [2.24, 2.45) is 0 Å². The summed E-state index contributed by atoms with van der Waals surface area (Å²) in [6.45, 7) is 1.02. The summed E-state index contributed by atoms with van der Waals surface area (Å²) in [6.07, 6.45) is 0.209. The molecule has 3 atom stereocenters. The van der Waals surface area contributed by atoms with E-state index in [0.717, 1.165) is 36.8 Å². The van der Waals surface area contributed by atoms with Crippen LogP contribution < -0.4 is 20.1 Å². The molecule has 4 aromatic rings. The molecular formula is C32H28ClF5N6O2S. The van der Waals surface area contributed by atoms with E-state index in [9.17, 15) is 22.8 Å². The van der Waals surface area contributed by atoms with Crippen LogP contribution in [0.25, 0.3) is 32.1 Å². The summed E-state index contributed by atoms with van der Waals surface area (Å²) in [7, 11) is 0. The molecule has 0 spiro atoms. The quantitative estimate of drug-likeness (QED) is 0.224. The van der Waals surface area contributed by atoms with Crippen LogP contribution in [0.5, 0.6) is 11.8 Å². The van der Waals surface area contributed by atoms with Gasteiger partial charge < -0.3 is 20.1 Å². The van der Waals surface area contributed by atoms with E-state index < -0.39 is 48.2 Å². The molecule has 4 aliphatic heterocycles. The highest BCUT2D eigenvalue weighted by Gasteiger charge is 2.50. The Morgan fingerprint density at radius 2 is 2.00 bits per heavy atom. The lowest BCUT2D eigenvalue weighted by Crippen LogP contribution is -2.48. The third-order valence-electron chi connectivity index (χ3n) is 10.0. The number of aromatic nitrogens is 2. The van der Waals surface area contributed by atoms with E-state index in [-0.39, 0.29) is 97.9 Å². The van der Waals surface area contributed by atoms with Gasteiger partial charge in [0.1, 0.15) is 41.0 Å². The number of fused-ring (bicyclic) bond motifs is 4. The zero-order valence-corrected chi connectivity index (χ0v) is 26.5. The van der Waals surface area contributed by atoms with Crippen LogP contribution in [0.2, 0.25) is 5.02 Å². The van der Waals surface area contributed by atoms with Crippen molar-refractivity contribution >= 4 is 54.7 Å². The lowest BCUT2D eigenvalue weighted by Gasteiger charge is -2.41. The summed E-state index contributed by atoms with van der Waals surface area (Å²) < 4.78 is 88.1. The largest absolute Gasteiger partial charge is 0.491 e. The fourth-order valence-electron chi connectivity index (χ4n) is 7.89. The lowest BCUT2D eigenvalue weighted by molar-refractivity contribution is -0.0358. The van der Waals surface area contributed by atoms with Crippen LogP contribution >= 0.6 is 22.9 Å². The topological polar surface area (TPSA) is 101 Å². The third-order valence-corrected chi connectivity index (χ3v) is 11.4. The van der Waals surface area contributed by atoms with Crippen molar-refractivity contribution in [2.75, 3.05) is 43.5 Å². The second-order valence-corrected chi connectivity index (χ2v) is 14.2. The SMILES string of the molecule is N#Cc1c(N)sc2c(F)ccc(-c3c(Cl)c4c5c(nc(OCC67CCCN6C[C@H](F)C7)nc5c3F)N3CCC(F)(F)CC3CCO4)c12. The number of halogens is 6. The first-order valence-corrected chi connectivity index (χ1v) is 16.6. The first-order valence-electron chi connectivity index (χ1n) is 15.4. The van der Waals surface area contributed by atoms with Gasteiger partial charge in [0, 0.05) is 55.8 Å². The fourth-order valence-corrected chi connectivity index (χ4v) is 9.18. The second kappa shape index (κ2) is 10.9. The number of ether oxygens (including phenoxy) is 2. The van der Waals surface area contributed by atoms with E-state index in [2.05, 4.69) is 14.9 Å². The number of nitrogen functional groups attached to an aromatic ring is 1. The van der Waals surface area contributed by atoms with Crippen molar-refractivity contribution in [1.29, 1.82) is 5.26 Å². The van der Waals surface area contributed by atoms with Gasteiger partial charge in [-0.25, -0.2) is 22.0 Å². The van der Waals surface area contributed by atoms with Crippen molar-refractivity contribution in [3.63, 3.8) is 0 Å². The van der Waals surface area contributed by atoms with Gasteiger partial charge in [-0.15, -0.1) is 11.3 Å². The van der Waals surface area contributed by atoms with Gasteiger partial charge in [-0.1, -0.05) is 17.7 Å². The van der Waals surface area contributed by atoms with Gasteiger partial charge in [0.2, 0.25) is 0 Å². The van der Waals surface area contributed by atoms with Crippen LogP contribution in [0.3, 0.4) is 0 Å². The number of anilines is 2. The van der Waals surface area contributed by atoms with Crippen LogP contribution in [-0.4, -0.2) is 71.4 Å². The Kier molecular flexibility index (Phi) is 7.13. The standard InChI is InChI=1S/C32H28ClF5N6O2S/c33-23-21(17-2-3-19(35)27-20(17)18(12-39)28(40)47-27)24(36)25-22-26(23)45-9-4-16-11-32(37,38)6-8-44(16)29(22)42-30(41-25)46-14-31-5-1-7-43(31)13-15(34)10-31/h2-3,15-16H,1,4-11,13-14,40H2/t15-,16?,31?/m1/s1. The first-order chi connectivity index (χ1) is 22.5. The molecular weight excluding hydrogens is 663 g/mol. The van der Waals surface area contributed by atoms with Crippen LogP contribution in [0.1, 0.15) is 44.1 Å². The minimum atomic E-state index is -2.90. The van der Waals surface area contributed by atoms with Crippen molar-refractivity contribution in [3.05, 3.63) is 34.4 Å². The van der Waals surface area contributed by atoms with Gasteiger partial charge in [0.05, 0.1) is 32.8 Å². The van der Waals surface area contributed by atoms with E-state index in [1.165, 1.54) is 6.07 Å². The van der Waals surface area contributed by atoms with E-state index in [1.807, 2.05) is 6.07 Å². The lowest BCUT2D eigenvalue weighted by atomic mass is 9.93. The first kappa shape index (κ1) is 30.7. The molecule has 2 N–H and O–H groups in total. The number of nitriles is 1. The number of nitrogens with zero attached hydrogens (tertiary/aromatic N) is 5. The second-order valence-electron chi connectivity index (χ2n) is 12.8. The molecule has 0 aliphatic carbocycles. The zero-order chi connectivity index (χ0) is 32.8. The smallest absolute Gasteiger partial charge is 0.319 e. The van der Waals surface area contributed by atoms with Gasteiger partial charge in [-0.2, -0.15) is 15.2 Å². The molecule has 2 aromatic carbocycles. The summed E-state index contributed by atoms with van der Waals surface area (Å²) in [4.78, 5) is 12.9. The molecule has 0 radical (unpaired) electrons. The van der Waals surface area contributed by atoms with E-state index in [1.54, 1.807) is 4.90 Å². The number of hydrogen-bond acceptors (Lipinski definition) is 9. The van der Waals surface area contributed by atoms with Crippen molar-refractivity contribution < 1.29 is 31.4 Å². The number of nitrogens with two attached hydrogens (primary N) is 1. The van der Waals surface area contributed by atoms with Crippen molar-refractivity contribution in [2.45, 2.75) is 62.2 Å². The van der Waals surface area contributed by atoms with Crippen LogP contribution in [-0.2, 0) is 0 Å². The fraction of sp³-hybridized carbons (Fsp3) is 0.469. The average Bonchev–Trinajstić information content (AvgIpc) is 3.66. The summed E-state index contributed by atoms with van der Waals surface area (Å²) in [5.74, 6) is -4.28. The maximum Gasteiger partial charge on any atom is 0.319 e. The molecule has 246 valence electrons. The number of hydrogen-bond donors (Lipinski definition) is 1. The monoisotopic (exact) mass is 690 g/mol. The van der Waals surface area contributed by atoms with Crippen molar-refractivity contribution in [3.8, 4) is 29.0 Å². The number of piperidine rings is 1. The molecule has 8 rings (SSSR count). The molecule has 0 bridgehead atoms. The van der Waals surface area contributed by atoms with E-state index in [4.69, 9.17) is 26.8 Å². The summed E-state index contributed by atoms with van der Waals surface area (Å²) in [5.41, 5.74) is 5.15. The van der Waals surface area contributed by atoms with Gasteiger partial charge in [0.15, 0.2) is 11.6 Å². The minimum Gasteiger partial charge on any atom is -0.491 e. The van der Waals surface area contributed by atoms with Crippen LogP contribution in [0.4, 0.5) is 32.8 Å². The Morgan fingerprint density at radius 1 is 1.17 bits per heavy atom. The maximum absolute atomic E-state index is 17.1. The third kappa shape index (κ3) is 4.76. The maximum atomic E-state index is 17.1. The van der Waals surface area contributed by atoms with Gasteiger partial charge in [-0.05, 0) is 31.0 Å². The van der Waals surface area contributed by atoms with Crippen LogP contribution in [0.15, 0.2) is 12.1 Å².